The number of H-pyrrole nitrogens is 1. The first-order valence-electron chi connectivity index (χ1n) is 7.77. The van der Waals surface area contributed by atoms with Crippen LogP contribution in [0.3, 0.4) is 0 Å². The van der Waals surface area contributed by atoms with E-state index in [-0.39, 0.29) is 11.7 Å². The largest absolute Gasteiger partial charge is 0.341 e. The lowest BCUT2D eigenvalue weighted by Crippen LogP contribution is -2.15. The predicted octanol–water partition coefficient (Wildman–Crippen LogP) is 3.60. The number of carbonyl (C=O) groups excluding carboxylic acids is 1. The van der Waals surface area contributed by atoms with Crippen molar-refractivity contribution in [2.24, 2.45) is 0 Å². The molecule has 0 saturated carbocycles. The molecule has 0 aliphatic rings. The normalized spacial score (nSPS) is 11.9. The number of nitrogens with one attached hydrogen (secondary N) is 2. The number of carbonyl (C=O) groups is 1. The standard InChI is InChI=1S/C17H15F2N3O3S2/c1-10-2-7-13-14(8-10)22-17(21-13)26-9-15(23)20-11-3-5-12(6-4-11)27(24,25)16(18)19/h2-8,16H,9H2,1H3,(H,20,23)(H,21,22). The molecule has 0 aliphatic heterocycles. The molecular formula is C17H15F2N3O3S2. The highest BCUT2D eigenvalue weighted by atomic mass is 32.2. The zero-order chi connectivity index (χ0) is 19.6. The molecule has 3 rings (SSSR count). The molecule has 2 N–H and O–H groups in total. The van der Waals surface area contributed by atoms with Crippen LogP contribution in [-0.4, -0.2) is 35.8 Å². The van der Waals surface area contributed by atoms with Crippen LogP contribution in [0, 0.1) is 6.92 Å². The van der Waals surface area contributed by atoms with Crippen LogP contribution >= 0.6 is 11.8 Å². The van der Waals surface area contributed by atoms with E-state index in [4.69, 9.17) is 0 Å². The molecule has 0 aliphatic carbocycles. The van der Waals surface area contributed by atoms with Crippen LogP contribution < -0.4 is 5.32 Å². The van der Waals surface area contributed by atoms with Crippen LogP contribution in [0.4, 0.5) is 14.5 Å². The third-order valence-electron chi connectivity index (χ3n) is 3.66. The third-order valence-corrected chi connectivity index (χ3v) is 5.93. The zero-order valence-corrected chi connectivity index (χ0v) is 15.7. The van der Waals surface area contributed by atoms with Crippen molar-refractivity contribution < 1.29 is 22.0 Å². The molecule has 142 valence electrons. The van der Waals surface area contributed by atoms with Gasteiger partial charge in [0.25, 0.3) is 0 Å². The number of nitrogens with zero attached hydrogens (tertiary/aromatic N) is 1. The number of aromatic nitrogens is 2. The van der Waals surface area contributed by atoms with Gasteiger partial charge in [0.2, 0.25) is 15.7 Å². The first-order valence-corrected chi connectivity index (χ1v) is 10.3. The monoisotopic (exact) mass is 411 g/mol. The Hall–Kier alpha value is -2.46. The van der Waals surface area contributed by atoms with E-state index in [0.717, 1.165) is 28.7 Å². The van der Waals surface area contributed by atoms with Crippen molar-refractivity contribution in [2.75, 3.05) is 11.1 Å². The molecule has 0 spiro atoms. The van der Waals surface area contributed by atoms with E-state index in [1.165, 1.54) is 23.9 Å². The Balaban J connectivity index is 1.60. The van der Waals surface area contributed by atoms with E-state index in [1.54, 1.807) is 0 Å². The number of hydrogen-bond donors (Lipinski definition) is 2. The van der Waals surface area contributed by atoms with Gasteiger partial charge in [-0.25, -0.2) is 13.4 Å². The molecule has 10 heteroatoms. The lowest BCUT2D eigenvalue weighted by molar-refractivity contribution is -0.113. The van der Waals surface area contributed by atoms with Crippen molar-refractivity contribution in [3.63, 3.8) is 0 Å². The van der Waals surface area contributed by atoms with Crippen LogP contribution in [0.1, 0.15) is 5.56 Å². The number of aromatic amines is 1. The molecule has 0 radical (unpaired) electrons. The van der Waals surface area contributed by atoms with Gasteiger partial charge in [-0.1, -0.05) is 17.8 Å². The minimum absolute atomic E-state index is 0.0793. The Morgan fingerprint density at radius 3 is 2.59 bits per heavy atom. The molecule has 0 saturated heterocycles. The lowest BCUT2D eigenvalue weighted by atomic mass is 10.2. The highest BCUT2D eigenvalue weighted by molar-refractivity contribution is 7.99. The van der Waals surface area contributed by atoms with Crippen molar-refractivity contribution in [2.45, 2.75) is 22.7 Å². The maximum Gasteiger partial charge on any atom is 0.341 e. The molecule has 1 aromatic heterocycles. The van der Waals surface area contributed by atoms with Gasteiger partial charge in [0, 0.05) is 5.69 Å². The number of rotatable bonds is 6. The van der Waals surface area contributed by atoms with Crippen LogP contribution in [0.5, 0.6) is 0 Å². The number of sulfone groups is 1. The Morgan fingerprint density at radius 2 is 1.93 bits per heavy atom. The fraction of sp³-hybridized carbons (Fsp3) is 0.176. The van der Waals surface area contributed by atoms with E-state index in [9.17, 15) is 22.0 Å². The summed E-state index contributed by atoms with van der Waals surface area (Å²) in [5.74, 6) is -3.74. The van der Waals surface area contributed by atoms with Gasteiger partial charge < -0.3 is 10.3 Å². The number of hydrogen-bond acceptors (Lipinski definition) is 5. The maximum atomic E-state index is 12.5. The summed E-state index contributed by atoms with van der Waals surface area (Å²) in [6.07, 6.45) is 0. The van der Waals surface area contributed by atoms with Gasteiger partial charge in [0.15, 0.2) is 5.16 Å². The van der Waals surface area contributed by atoms with Gasteiger partial charge in [0.05, 0.1) is 21.7 Å². The molecule has 0 atom stereocenters. The molecule has 6 nitrogen and oxygen atoms in total. The molecule has 2 aromatic carbocycles. The second-order valence-corrected chi connectivity index (χ2v) is 8.61. The Labute approximate surface area is 158 Å². The number of fused-ring (bicyclic) bond motifs is 1. The minimum Gasteiger partial charge on any atom is -0.333 e. The lowest BCUT2D eigenvalue weighted by Gasteiger charge is -2.06. The molecular weight excluding hydrogens is 396 g/mol. The smallest absolute Gasteiger partial charge is 0.333 e. The number of thioether (sulfide) groups is 1. The van der Waals surface area contributed by atoms with Crippen LogP contribution in [0.25, 0.3) is 11.0 Å². The number of anilines is 1. The summed E-state index contributed by atoms with van der Waals surface area (Å²) in [5, 5.41) is 3.18. The number of imidazole rings is 1. The van der Waals surface area contributed by atoms with E-state index < -0.39 is 20.5 Å². The molecule has 0 fully saturated rings. The Morgan fingerprint density at radius 1 is 1.22 bits per heavy atom. The van der Waals surface area contributed by atoms with Crippen molar-refractivity contribution in [3.8, 4) is 0 Å². The van der Waals surface area contributed by atoms with E-state index in [2.05, 4.69) is 15.3 Å². The average Bonchev–Trinajstić information content (AvgIpc) is 3.02. The van der Waals surface area contributed by atoms with Gasteiger partial charge in [-0.15, -0.1) is 0 Å². The van der Waals surface area contributed by atoms with E-state index in [0.29, 0.717) is 10.8 Å². The number of aryl methyl sites for hydroxylation is 1. The topological polar surface area (TPSA) is 91.9 Å². The third kappa shape index (κ3) is 4.45. The summed E-state index contributed by atoms with van der Waals surface area (Å²) in [6, 6.07) is 10.4. The molecule has 0 unspecified atom stereocenters. The molecule has 1 amide bonds. The quantitative estimate of drug-likeness (QED) is 0.605. The molecule has 0 bridgehead atoms. The Bertz CT molecular complexity index is 1080. The van der Waals surface area contributed by atoms with Crippen molar-refractivity contribution in [1.82, 2.24) is 9.97 Å². The molecule has 27 heavy (non-hydrogen) atoms. The van der Waals surface area contributed by atoms with Gasteiger partial charge in [0.1, 0.15) is 0 Å². The summed E-state index contributed by atoms with van der Waals surface area (Å²) < 4.78 is 47.7. The number of benzene rings is 2. The summed E-state index contributed by atoms with van der Waals surface area (Å²) in [7, 11) is -4.65. The van der Waals surface area contributed by atoms with Gasteiger partial charge in [-0.2, -0.15) is 8.78 Å². The van der Waals surface area contributed by atoms with E-state index in [1.807, 2.05) is 25.1 Å². The van der Waals surface area contributed by atoms with E-state index >= 15 is 0 Å². The van der Waals surface area contributed by atoms with Gasteiger partial charge in [-0.3, -0.25) is 4.79 Å². The fourth-order valence-electron chi connectivity index (χ4n) is 2.33. The minimum atomic E-state index is -4.65. The predicted molar refractivity (Wildman–Crippen MR) is 99.8 cm³/mol. The summed E-state index contributed by atoms with van der Waals surface area (Å²) in [5.41, 5.74) is 3.10. The highest BCUT2D eigenvalue weighted by Crippen LogP contribution is 2.22. The second kappa shape index (κ2) is 7.65. The summed E-state index contributed by atoms with van der Waals surface area (Å²) in [6.45, 7) is 1.97. The second-order valence-electron chi connectivity index (χ2n) is 5.73. The molecule has 1 heterocycles. The van der Waals surface area contributed by atoms with Crippen LogP contribution in [0.15, 0.2) is 52.5 Å². The summed E-state index contributed by atoms with van der Waals surface area (Å²) in [4.78, 5) is 19.0. The highest BCUT2D eigenvalue weighted by Gasteiger charge is 2.26. The van der Waals surface area contributed by atoms with Crippen LogP contribution in [0.2, 0.25) is 0 Å². The molecule has 3 aromatic rings. The Kier molecular flexibility index (Phi) is 5.47. The number of alkyl halides is 2. The first-order chi connectivity index (χ1) is 12.8. The SMILES string of the molecule is Cc1ccc2nc(SCC(=O)Nc3ccc(S(=O)(=O)C(F)F)cc3)[nH]c2c1. The van der Waals surface area contributed by atoms with Crippen molar-refractivity contribution in [3.05, 3.63) is 48.0 Å². The number of halogens is 2. The number of amides is 1. The summed E-state index contributed by atoms with van der Waals surface area (Å²) >= 11 is 1.22. The van der Waals surface area contributed by atoms with Crippen molar-refractivity contribution in [1.29, 1.82) is 0 Å². The first kappa shape index (κ1) is 19.3. The maximum absolute atomic E-state index is 12.5. The van der Waals surface area contributed by atoms with Gasteiger partial charge in [-0.05, 0) is 48.9 Å². The zero-order valence-electron chi connectivity index (χ0n) is 14.1. The fourth-order valence-corrected chi connectivity index (χ4v) is 3.74. The van der Waals surface area contributed by atoms with Crippen molar-refractivity contribution >= 4 is 44.2 Å². The van der Waals surface area contributed by atoms with Gasteiger partial charge >= 0.3 is 5.76 Å². The van der Waals surface area contributed by atoms with Crippen LogP contribution in [-0.2, 0) is 14.6 Å². The average molecular weight is 411 g/mol.